The van der Waals surface area contributed by atoms with Crippen molar-refractivity contribution in [1.29, 1.82) is 0 Å². The molecule has 162 valence electrons. The number of hydrogen-bond acceptors (Lipinski definition) is 4. The molecule has 0 fully saturated rings. The van der Waals surface area contributed by atoms with Gasteiger partial charge in [0.2, 0.25) is 0 Å². The lowest BCUT2D eigenvalue weighted by Crippen LogP contribution is -2.30. The Kier molecular flexibility index (Phi) is 6.58. The maximum absolute atomic E-state index is 13.3. The van der Waals surface area contributed by atoms with Crippen molar-refractivity contribution in [1.82, 2.24) is 10.3 Å². The fraction of sp³-hybridized carbons (Fsp3) is 0.120. The lowest BCUT2D eigenvalue weighted by molar-refractivity contribution is 0.0936. The van der Waals surface area contributed by atoms with Gasteiger partial charge in [0.05, 0.1) is 39.8 Å². The van der Waals surface area contributed by atoms with Crippen LogP contribution in [0.2, 0.25) is 0 Å². The average Bonchev–Trinajstić information content (AvgIpc) is 2.83. The average molecular weight is 445 g/mol. The summed E-state index contributed by atoms with van der Waals surface area (Å²) in [6.07, 6.45) is 2.31. The summed E-state index contributed by atoms with van der Waals surface area (Å²) >= 11 is -2.68. The van der Waals surface area contributed by atoms with Gasteiger partial charge in [-0.15, -0.1) is 0 Å². The number of anilines is 2. The van der Waals surface area contributed by atoms with Crippen LogP contribution in [0.1, 0.15) is 35.3 Å². The second-order valence-electron chi connectivity index (χ2n) is 7.23. The van der Waals surface area contributed by atoms with E-state index in [4.69, 9.17) is 0 Å². The first kappa shape index (κ1) is 21.7. The van der Waals surface area contributed by atoms with Gasteiger partial charge in [0.15, 0.2) is 0 Å². The van der Waals surface area contributed by atoms with Crippen LogP contribution in [-0.2, 0) is 11.3 Å². The van der Waals surface area contributed by atoms with E-state index in [2.05, 4.69) is 10.3 Å². The summed E-state index contributed by atoms with van der Waals surface area (Å²) in [7, 11) is 0. The molecule has 1 amide bonds. The van der Waals surface area contributed by atoms with Crippen LogP contribution in [0, 0.1) is 0 Å². The van der Waals surface area contributed by atoms with Gasteiger partial charge in [-0.1, -0.05) is 67.6 Å². The number of nitrogens with one attached hydrogen (secondary N) is 1. The highest BCUT2D eigenvalue weighted by atomic mass is 32.2. The molecule has 1 heterocycles. The van der Waals surface area contributed by atoms with Crippen LogP contribution < -0.4 is 9.62 Å². The van der Waals surface area contributed by atoms with Gasteiger partial charge in [0, 0.05) is 11.6 Å². The molecule has 3 aromatic carbocycles. The normalized spacial score (nSPS) is 12.8. The van der Waals surface area contributed by atoms with Crippen molar-refractivity contribution in [2.45, 2.75) is 19.4 Å². The van der Waals surface area contributed by atoms with Crippen molar-refractivity contribution in [3.8, 4) is 0 Å². The topological polar surface area (TPSA) is 85.4 Å². The minimum absolute atomic E-state index is 0.192. The number of carbonyl (C=O) groups is 1. The van der Waals surface area contributed by atoms with Crippen LogP contribution >= 0.6 is 0 Å². The number of nitrogens with zero attached hydrogens (tertiary/aromatic N) is 2. The first-order valence-corrected chi connectivity index (χ1v) is 11.3. The molecule has 1 N–H and O–H groups in total. The molecule has 0 bridgehead atoms. The Hall–Kier alpha value is -3.55. The summed E-state index contributed by atoms with van der Waals surface area (Å²) in [5, 5.41) is 3.84. The highest BCUT2D eigenvalue weighted by Gasteiger charge is 2.22. The monoisotopic (exact) mass is 444 g/mol. The number of benzene rings is 3. The predicted octanol–water partition coefficient (Wildman–Crippen LogP) is 5.05. The Balaban J connectivity index is 1.76. The number of rotatable bonds is 7. The number of fused-ring (bicyclic) bond motifs is 1. The highest BCUT2D eigenvalue weighted by molar-refractivity contribution is 7.81. The minimum Gasteiger partial charge on any atom is -0.755 e. The van der Waals surface area contributed by atoms with Crippen LogP contribution in [-0.4, -0.2) is 19.7 Å². The van der Waals surface area contributed by atoms with Crippen LogP contribution in [0.5, 0.6) is 0 Å². The molecule has 0 saturated heterocycles. The van der Waals surface area contributed by atoms with Crippen LogP contribution in [0.15, 0.2) is 91.1 Å². The van der Waals surface area contributed by atoms with Gasteiger partial charge in [-0.2, -0.15) is 0 Å². The number of amides is 1. The van der Waals surface area contributed by atoms with E-state index in [1.807, 2.05) is 49.4 Å². The molecule has 2 unspecified atom stereocenters. The second-order valence-corrected chi connectivity index (χ2v) is 8.03. The molecule has 4 rings (SSSR count). The van der Waals surface area contributed by atoms with Crippen LogP contribution in [0.25, 0.3) is 10.9 Å². The maximum atomic E-state index is 13.3. The van der Waals surface area contributed by atoms with E-state index in [1.165, 1.54) is 0 Å². The molecule has 0 spiro atoms. The van der Waals surface area contributed by atoms with Gasteiger partial charge < -0.3 is 9.87 Å². The minimum atomic E-state index is -2.68. The summed E-state index contributed by atoms with van der Waals surface area (Å²) in [5.74, 6) is -0.347. The van der Waals surface area contributed by atoms with Gasteiger partial charge in [0.25, 0.3) is 5.91 Å². The molecule has 0 aliphatic carbocycles. The Morgan fingerprint density at radius 1 is 0.969 bits per heavy atom. The van der Waals surface area contributed by atoms with Gasteiger partial charge in [0.1, 0.15) is 0 Å². The lowest BCUT2D eigenvalue weighted by atomic mass is 10.0. The van der Waals surface area contributed by atoms with E-state index >= 15 is 0 Å². The molecule has 7 heteroatoms. The maximum Gasteiger partial charge on any atom is 0.253 e. The van der Waals surface area contributed by atoms with Crippen molar-refractivity contribution in [3.05, 3.63) is 102 Å². The van der Waals surface area contributed by atoms with Crippen molar-refractivity contribution >= 4 is 39.5 Å². The molecule has 4 aromatic rings. The first-order chi connectivity index (χ1) is 15.6. The Morgan fingerprint density at radius 2 is 1.66 bits per heavy atom. The molecule has 0 saturated carbocycles. The zero-order valence-electron chi connectivity index (χ0n) is 17.5. The van der Waals surface area contributed by atoms with Gasteiger partial charge in [-0.25, -0.2) is 0 Å². The largest absolute Gasteiger partial charge is 0.755 e. The molecular weight excluding hydrogens is 422 g/mol. The number of para-hydroxylation sites is 2. The third-order valence-corrected chi connectivity index (χ3v) is 5.95. The summed E-state index contributed by atoms with van der Waals surface area (Å²) in [5.41, 5.74) is 2.43. The Bertz CT molecular complexity index is 1260. The third kappa shape index (κ3) is 4.39. The zero-order valence-corrected chi connectivity index (χ0v) is 18.3. The number of hydrogen-bond donors (Lipinski definition) is 1. The SMILES string of the molecule is CCC(NC(=O)c1ccccc1N(c1cccc2cccnc12)S(=O)[O-])c1ccccc1. The van der Waals surface area contributed by atoms with Gasteiger partial charge in [-0.05, 0) is 36.2 Å². The van der Waals surface area contributed by atoms with Crippen LogP contribution in [0.4, 0.5) is 11.4 Å². The van der Waals surface area contributed by atoms with E-state index in [0.29, 0.717) is 17.6 Å². The Morgan fingerprint density at radius 3 is 2.41 bits per heavy atom. The number of pyridine rings is 1. The fourth-order valence-electron chi connectivity index (χ4n) is 3.73. The van der Waals surface area contributed by atoms with E-state index < -0.39 is 11.3 Å². The molecular formula is C25H22N3O3S-. The van der Waals surface area contributed by atoms with Crippen molar-refractivity contribution in [3.63, 3.8) is 0 Å². The molecule has 1 aromatic heterocycles. The van der Waals surface area contributed by atoms with Gasteiger partial charge >= 0.3 is 0 Å². The summed E-state index contributed by atoms with van der Waals surface area (Å²) in [6.45, 7) is 1.99. The van der Waals surface area contributed by atoms with Gasteiger partial charge in [-0.3, -0.25) is 18.3 Å². The number of aromatic nitrogens is 1. The second kappa shape index (κ2) is 9.72. The smallest absolute Gasteiger partial charge is 0.253 e. The van der Waals surface area contributed by atoms with E-state index in [1.54, 1.807) is 48.7 Å². The molecule has 2 atom stereocenters. The molecule has 32 heavy (non-hydrogen) atoms. The fourth-order valence-corrected chi connectivity index (χ4v) is 4.36. The molecule has 0 radical (unpaired) electrons. The number of carbonyl (C=O) groups excluding carboxylic acids is 1. The zero-order chi connectivity index (χ0) is 22.5. The highest BCUT2D eigenvalue weighted by Crippen LogP contribution is 2.34. The van der Waals surface area contributed by atoms with E-state index in [-0.39, 0.29) is 23.2 Å². The van der Waals surface area contributed by atoms with Crippen molar-refractivity contribution in [2.24, 2.45) is 0 Å². The van der Waals surface area contributed by atoms with Crippen molar-refractivity contribution < 1.29 is 13.6 Å². The first-order valence-electron chi connectivity index (χ1n) is 10.3. The van der Waals surface area contributed by atoms with Crippen LogP contribution in [0.3, 0.4) is 0 Å². The quantitative estimate of drug-likeness (QED) is 0.404. The van der Waals surface area contributed by atoms with E-state index in [9.17, 15) is 13.6 Å². The van der Waals surface area contributed by atoms with E-state index in [0.717, 1.165) is 15.3 Å². The summed E-state index contributed by atoms with van der Waals surface area (Å²) < 4.78 is 25.9. The van der Waals surface area contributed by atoms with Crippen molar-refractivity contribution in [2.75, 3.05) is 4.31 Å². The molecule has 0 aliphatic heterocycles. The predicted molar refractivity (Wildman–Crippen MR) is 126 cm³/mol. The lowest BCUT2D eigenvalue weighted by Gasteiger charge is -2.29. The summed E-state index contributed by atoms with van der Waals surface area (Å²) in [4.78, 5) is 17.6. The third-order valence-electron chi connectivity index (χ3n) is 5.26. The molecule has 6 nitrogen and oxygen atoms in total. The standard InChI is InChI=1S/C25H23N3O3S/c1-2-21(18-10-4-3-5-11-18)27-25(29)20-14-6-7-15-22(20)28(32(30)31)23-16-8-12-19-13-9-17-26-24(19)23/h3-17,21H,2H2,1H3,(H,27,29)(H,30,31)/p-1. The Labute approximate surface area is 189 Å². The summed E-state index contributed by atoms with van der Waals surface area (Å²) in [6, 6.07) is 25.1. The molecule has 0 aliphatic rings.